The number of nitrogens with one attached hydrogen (secondary N) is 3. The Hall–Kier alpha value is -1.52. The molecule has 0 atom stereocenters. The van der Waals surface area contributed by atoms with E-state index in [4.69, 9.17) is 11.6 Å². The van der Waals surface area contributed by atoms with Crippen LogP contribution in [-0.2, 0) is 4.79 Å². The summed E-state index contributed by atoms with van der Waals surface area (Å²) in [7, 11) is 1.76. The average Bonchev–Trinajstić information content (AvgIpc) is 3.26. The molecule has 0 saturated carbocycles. The Kier molecular flexibility index (Phi) is 10.2. The number of aliphatic imine (C=N–C) groups is 1. The first kappa shape index (κ1) is 24.7. The molecule has 0 aliphatic carbocycles. The van der Waals surface area contributed by atoms with E-state index in [1.807, 2.05) is 25.1 Å². The first-order valence-electron chi connectivity index (χ1n) is 9.87. The van der Waals surface area contributed by atoms with Crippen molar-refractivity contribution in [3.8, 4) is 0 Å². The van der Waals surface area contributed by atoms with Crippen LogP contribution >= 0.6 is 46.9 Å². The quantitative estimate of drug-likeness (QED) is 0.276. The molecular weight excluding hydrogens is 533 g/mol. The van der Waals surface area contributed by atoms with Gasteiger partial charge in [-0.05, 0) is 55.0 Å². The minimum absolute atomic E-state index is 0. The highest BCUT2D eigenvalue weighted by molar-refractivity contribution is 14.0. The molecule has 1 aromatic carbocycles. The highest BCUT2D eigenvalue weighted by Crippen LogP contribution is 2.25. The van der Waals surface area contributed by atoms with Crippen LogP contribution in [0.4, 0.5) is 10.7 Å². The van der Waals surface area contributed by atoms with E-state index in [0.717, 1.165) is 43.1 Å². The first-order valence-corrected chi connectivity index (χ1v) is 11.1. The molecule has 0 spiro atoms. The number of carbonyl (C=O) groups is 1. The van der Waals surface area contributed by atoms with Crippen LogP contribution in [0.15, 0.2) is 40.7 Å². The van der Waals surface area contributed by atoms with Crippen LogP contribution in [0.5, 0.6) is 0 Å². The van der Waals surface area contributed by atoms with Gasteiger partial charge in [-0.3, -0.25) is 9.79 Å². The molecule has 0 unspecified atom stereocenters. The third-order valence-electron chi connectivity index (χ3n) is 5.06. The van der Waals surface area contributed by atoms with Gasteiger partial charge in [-0.1, -0.05) is 17.7 Å². The van der Waals surface area contributed by atoms with Gasteiger partial charge in [0, 0.05) is 49.9 Å². The van der Waals surface area contributed by atoms with Crippen molar-refractivity contribution in [2.45, 2.75) is 32.2 Å². The van der Waals surface area contributed by atoms with E-state index in [0.29, 0.717) is 24.0 Å². The fourth-order valence-corrected chi connectivity index (χ4v) is 4.29. The van der Waals surface area contributed by atoms with Gasteiger partial charge >= 0.3 is 0 Å². The third-order valence-corrected chi connectivity index (χ3v) is 6.40. The summed E-state index contributed by atoms with van der Waals surface area (Å²) in [6.45, 7) is 4.48. The number of hydrogen-bond acceptors (Lipinski definition) is 4. The molecule has 1 amide bonds. The number of guanidine groups is 1. The van der Waals surface area contributed by atoms with Gasteiger partial charge < -0.3 is 20.9 Å². The largest absolute Gasteiger partial charge is 0.363 e. The van der Waals surface area contributed by atoms with Crippen molar-refractivity contribution in [1.29, 1.82) is 0 Å². The summed E-state index contributed by atoms with van der Waals surface area (Å²) in [5, 5.41) is 13.7. The van der Waals surface area contributed by atoms with Crippen LogP contribution in [0.3, 0.4) is 0 Å². The third kappa shape index (κ3) is 7.02. The molecule has 3 rings (SSSR count). The molecule has 6 nitrogen and oxygen atoms in total. The zero-order chi connectivity index (χ0) is 20.6. The van der Waals surface area contributed by atoms with Gasteiger partial charge in [0.1, 0.15) is 0 Å². The molecule has 1 aliphatic heterocycles. The van der Waals surface area contributed by atoms with Crippen molar-refractivity contribution in [3.05, 3.63) is 46.3 Å². The second-order valence-corrected chi connectivity index (χ2v) is 8.40. The minimum Gasteiger partial charge on any atom is -0.363 e. The maximum atomic E-state index is 12.2. The number of amides is 1. The number of thiophene rings is 1. The molecule has 2 aromatic rings. The predicted octanol–water partition coefficient (Wildman–Crippen LogP) is 4.49. The fraction of sp³-hybridized carbons (Fsp3) is 0.429. The van der Waals surface area contributed by atoms with Crippen LogP contribution < -0.4 is 20.9 Å². The molecule has 1 aliphatic rings. The van der Waals surface area contributed by atoms with Gasteiger partial charge in [0.15, 0.2) is 5.96 Å². The predicted molar refractivity (Wildman–Crippen MR) is 139 cm³/mol. The van der Waals surface area contributed by atoms with Gasteiger partial charge in [0.25, 0.3) is 0 Å². The van der Waals surface area contributed by atoms with Crippen LogP contribution in [0.2, 0.25) is 5.02 Å². The normalized spacial score (nSPS) is 14.8. The number of nitrogens with zero attached hydrogens (tertiary/aromatic N) is 2. The molecular formula is C21H29ClIN5OS. The highest BCUT2D eigenvalue weighted by atomic mass is 127. The van der Waals surface area contributed by atoms with Crippen molar-refractivity contribution >= 4 is 69.5 Å². The Morgan fingerprint density at radius 2 is 2.03 bits per heavy atom. The molecule has 1 saturated heterocycles. The van der Waals surface area contributed by atoms with Gasteiger partial charge in [-0.25, -0.2) is 0 Å². The second kappa shape index (κ2) is 12.4. The minimum atomic E-state index is -0.0532. The molecule has 9 heteroatoms. The first-order chi connectivity index (χ1) is 14.1. The summed E-state index contributed by atoms with van der Waals surface area (Å²) in [6, 6.07) is 10.2. The van der Waals surface area contributed by atoms with Crippen molar-refractivity contribution in [2.75, 3.05) is 36.9 Å². The van der Waals surface area contributed by atoms with Gasteiger partial charge in [0.05, 0.1) is 5.00 Å². The monoisotopic (exact) mass is 561 g/mol. The number of hydrogen-bond donors (Lipinski definition) is 3. The topological polar surface area (TPSA) is 68.8 Å². The van der Waals surface area contributed by atoms with Crippen molar-refractivity contribution < 1.29 is 4.79 Å². The molecule has 2 heterocycles. The maximum Gasteiger partial charge on any atom is 0.226 e. The van der Waals surface area contributed by atoms with E-state index in [1.54, 1.807) is 18.4 Å². The molecule has 3 N–H and O–H groups in total. The lowest BCUT2D eigenvalue weighted by atomic mass is 10.1. The maximum absolute atomic E-state index is 12.2. The van der Waals surface area contributed by atoms with Gasteiger partial charge in [0.2, 0.25) is 5.91 Å². The van der Waals surface area contributed by atoms with Gasteiger partial charge in [-0.15, -0.1) is 35.3 Å². The van der Waals surface area contributed by atoms with E-state index in [1.165, 1.54) is 5.00 Å². The summed E-state index contributed by atoms with van der Waals surface area (Å²) in [5.41, 5.74) is 1.63. The Balaban J connectivity index is 0.00000320. The fourth-order valence-electron chi connectivity index (χ4n) is 3.33. The summed E-state index contributed by atoms with van der Waals surface area (Å²) in [6.07, 6.45) is 2.48. The molecule has 164 valence electrons. The lowest BCUT2D eigenvalue weighted by Gasteiger charge is -2.33. The number of halogens is 2. The van der Waals surface area contributed by atoms with Gasteiger partial charge in [-0.2, -0.15) is 0 Å². The molecule has 0 bridgehead atoms. The Morgan fingerprint density at radius 1 is 1.27 bits per heavy atom. The van der Waals surface area contributed by atoms with E-state index in [2.05, 4.69) is 43.4 Å². The lowest BCUT2D eigenvalue weighted by Crippen LogP contribution is -2.49. The average molecular weight is 562 g/mol. The highest BCUT2D eigenvalue weighted by Gasteiger charge is 2.20. The molecule has 30 heavy (non-hydrogen) atoms. The van der Waals surface area contributed by atoms with Crippen LogP contribution in [0.1, 0.15) is 24.8 Å². The number of benzene rings is 1. The zero-order valence-electron chi connectivity index (χ0n) is 17.3. The van der Waals surface area contributed by atoms with E-state index in [9.17, 15) is 4.79 Å². The molecule has 0 radical (unpaired) electrons. The second-order valence-electron chi connectivity index (χ2n) is 7.07. The Bertz CT molecular complexity index is 838. The van der Waals surface area contributed by atoms with Crippen LogP contribution in [0, 0.1) is 6.92 Å². The zero-order valence-corrected chi connectivity index (χ0v) is 21.2. The van der Waals surface area contributed by atoms with Crippen molar-refractivity contribution in [2.24, 2.45) is 4.99 Å². The van der Waals surface area contributed by atoms with Crippen LogP contribution in [0.25, 0.3) is 0 Å². The van der Waals surface area contributed by atoms with Crippen molar-refractivity contribution in [3.63, 3.8) is 0 Å². The van der Waals surface area contributed by atoms with E-state index in [-0.39, 0.29) is 29.9 Å². The summed E-state index contributed by atoms with van der Waals surface area (Å²) in [5.74, 6) is 0.689. The Morgan fingerprint density at radius 3 is 2.70 bits per heavy atom. The number of anilines is 2. The molecule has 1 aromatic heterocycles. The summed E-state index contributed by atoms with van der Waals surface area (Å²) < 4.78 is 0. The summed E-state index contributed by atoms with van der Waals surface area (Å²) >= 11 is 7.89. The van der Waals surface area contributed by atoms with E-state index < -0.39 is 0 Å². The SMILES string of the molecule is CN=C(NCCC(=O)Nc1cccc(Cl)c1C)NC1CCN(c2cccs2)CC1.I. The number of piperidine rings is 1. The van der Waals surface area contributed by atoms with Crippen molar-refractivity contribution in [1.82, 2.24) is 10.6 Å². The van der Waals surface area contributed by atoms with E-state index >= 15 is 0 Å². The Labute approximate surface area is 204 Å². The van der Waals surface area contributed by atoms with Crippen LogP contribution in [-0.4, -0.2) is 44.6 Å². The standard InChI is InChI=1S/C21H28ClN5OS.HI/c1-15-17(22)5-3-6-18(15)26-19(28)8-11-24-21(23-2)25-16-9-12-27(13-10-16)20-7-4-14-29-20;/h3-7,14,16H,8-13H2,1-2H3,(H,26,28)(H2,23,24,25);1H. The lowest BCUT2D eigenvalue weighted by molar-refractivity contribution is -0.116. The summed E-state index contributed by atoms with van der Waals surface area (Å²) in [4.78, 5) is 18.9. The smallest absolute Gasteiger partial charge is 0.226 e. The number of rotatable bonds is 6. The number of carbonyl (C=O) groups excluding carboxylic acids is 1. The molecule has 1 fully saturated rings.